The van der Waals surface area contributed by atoms with Gasteiger partial charge < -0.3 is 9.64 Å². The van der Waals surface area contributed by atoms with Crippen molar-refractivity contribution in [2.45, 2.75) is 57.5 Å². The number of hydrogen-bond donors (Lipinski definition) is 1. The van der Waals surface area contributed by atoms with Gasteiger partial charge in [0.15, 0.2) is 0 Å². The number of carbonyl (C=O) groups excluding carboxylic acids is 1. The maximum atomic E-state index is 15.7. The standard InChI is InChI=1S/C25H29F3N2O4S/c1-3-35(32,33)29-24-20(27)14-30(25(31)22-8-5-11-34-22)21(24)13-16-6-4-7-17(23(16)28)18-12-15(2)9-10-19(18)26/h4,6-7,9-10,12,20-22,24,29H,3,5,8,11,13-14H2,1-2H3/t20-,21-,22+,24-/m0/s1. The molecule has 35 heavy (non-hydrogen) atoms. The summed E-state index contributed by atoms with van der Waals surface area (Å²) in [6.45, 7) is 3.28. The van der Waals surface area contributed by atoms with E-state index in [9.17, 15) is 17.6 Å². The van der Waals surface area contributed by atoms with Crippen LogP contribution in [0.25, 0.3) is 11.1 Å². The predicted molar refractivity (Wildman–Crippen MR) is 126 cm³/mol. The van der Waals surface area contributed by atoms with Gasteiger partial charge in [-0.1, -0.05) is 29.8 Å². The van der Waals surface area contributed by atoms with E-state index in [1.807, 2.05) is 0 Å². The number of nitrogens with one attached hydrogen (secondary N) is 1. The Labute approximate surface area is 203 Å². The number of nitrogens with zero attached hydrogens (tertiary/aromatic N) is 1. The lowest BCUT2D eigenvalue weighted by Crippen LogP contribution is -2.51. The number of amides is 1. The first kappa shape index (κ1) is 25.7. The Balaban J connectivity index is 1.71. The molecule has 10 heteroatoms. The van der Waals surface area contributed by atoms with Crippen molar-refractivity contribution in [2.75, 3.05) is 18.9 Å². The average Bonchev–Trinajstić information content (AvgIpc) is 3.46. The van der Waals surface area contributed by atoms with Crippen molar-refractivity contribution < 1.29 is 31.1 Å². The van der Waals surface area contributed by atoms with Crippen molar-refractivity contribution in [3.8, 4) is 11.1 Å². The van der Waals surface area contributed by atoms with Crippen LogP contribution in [0, 0.1) is 18.6 Å². The summed E-state index contributed by atoms with van der Waals surface area (Å²) in [5, 5.41) is 0. The lowest BCUT2D eigenvalue weighted by molar-refractivity contribution is -0.142. The van der Waals surface area contributed by atoms with Crippen LogP contribution < -0.4 is 4.72 Å². The van der Waals surface area contributed by atoms with Crippen molar-refractivity contribution in [3.63, 3.8) is 0 Å². The zero-order chi connectivity index (χ0) is 25.3. The number of halogens is 3. The maximum absolute atomic E-state index is 15.7. The molecular formula is C25H29F3N2O4S. The third-order valence-corrected chi connectivity index (χ3v) is 8.07. The number of hydrogen-bond acceptors (Lipinski definition) is 4. The summed E-state index contributed by atoms with van der Waals surface area (Å²) >= 11 is 0. The molecule has 2 fully saturated rings. The molecule has 2 heterocycles. The van der Waals surface area contributed by atoms with Crippen LogP contribution >= 0.6 is 0 Å². The summed E-state index contributed by atoms with van der Waals surface area (Å²) < 4.78 is 77.7. The number of likely N-dealkylation sites (tertiary alicyclic amines) is 1. The number of ether oxygens (including phenoxy) is 1. The van der Waals surface area contributed by atoms with Crippen molar-refractivity contribution in [1.82, 2.24) is 9.62 Å². The molecule has 4 atom stereocenters. The zero-order valence-electron chi connectivity index (χ0n) is 19.6. The molecule has 1 amide bonds. The second-order valence-corrected chi connectivity index (χ2v) is 11.1. The van der Waals surface area contributed by atoms with Gasteiger partial charge in [-0.3, -0.25) is 4.79 Å². The molecule has 2 aliphatic rings. The first-order chi connectivity index (χ1) is 16.6. The van der Waals surface area contributed by atoms with Gasteiger partial charge >= 0.3 is 0 Å². The molecule has 2 aromatic carbocycles. The Kier molecular flexibility index (Phi) is 7.54. The molecule has 0 unspecified atom stereocenters. The first-order valence-electron chi connectivity index (χ1n) is 11.7. The van der Waals surface area contributed by atoms with E-state index in [0.29, 0.717) is 19.4 Å². The fraction of sp³-hybridized carbons (Fsp3) is 0.480. The highest BCUT2D eigenvalue weighted by atomic mass is 32.2. The van der Waals surface area contributed by atoms with Crippen LogP contribution in [0.5, 0.6) is 0 Å². The van der Waals surface area contributed by atoms with E-state index in [2.05, 4.69) is 4.72 Å². The van der Waals surface area contributed by atoms with Crippen molar-refractivity contribution in [3.05, 3.63) is 59.2 Å². The smallest absolute Gasteiger partial charge is 0.252 e. The van der Waals surface area contributed by atoms with Crippen LogP contribution in [0.15, 0.2) is 36.4 Å². The molecule has 2 saturated heterocycles. The Bertz CT molecular complexity index is 1200. The van der Waals surface area contributed by atoms with Gasteiger partial charge in [-0.05, 0) is 50.8 Å². The molecule has 2 aliphatic heterocycles. The third kappa shape index (κ3) is 5.39. The minimum Gasteiger partial charge on any atom is -0.368 e. The van der Waals surface area contributed by atoms with Crippen LogP contribution in [0.2, 0.25) is 0 Å². The Morgan fingerprint density at radius 2 is 1.97 bits per heavy atom. The average molecular weight is 511 g/mol. The van der Waals surface area contributed by atoms with E-state index in [1.165, 1.54) is 36.1 Å². The largest absolute Gasteiger partial charge is 0.368 e. The minimum atomic E-state index is -3.80. The van der Waals surface area contributed by atoms with Gasteiger partial charge in [0.1, 0.15) is 23.9 Å². The first-order valence-corrected chi connectivity index (χ1v) is 13.4. The van der Waals surface area contributed by atoms with Gasteiger partial charge in [0.05, 0.1) is 24.4 Å². The number of rotatable bonds is 7. The van der Waals surface area contributed by atoms with Crippen molar-refractivity contribution >= 4 is 15.9 Å². The van der Waals surface area contributed by atoms with Crippen LogP contribution in [0.3, 0.4) is 0 Å². The predicted octanol–water partition coefficient (Wildman–Crippen LogP) is 3.52. The fourth-order valence-corrected chi connectivity index (χ4v) is 5.67. The highest BCUT2D eigenvalue weighted by Crippen LogP contribution is 2.32. The second-order valence-electron chi connectivity index (χ2n) is 9.09. The topological polar surface area (TPSA) is 75.7 Å². The van der Waals surface area contributed by atoms with E-state index >= 15 is 8.78 Å². The third-order valence-electron chi connectivity index (χ3n) is 6.68. The van der Waals surface area contributed by atoms with Gasteiger partial charge in [-0.15, -0.1) is 0 Å². The van der Waals surface area contributed by atoms with Gasteiger partial charge in [-0.25, -0.2) is 26.3 Å². The molecule has 190 valence electrons. The van der Waals surface area contributed by atoms with Gasteiger partial charge in [0.25, 0.3) is 5.91 Å². The Morgan fingerprint density at radius 3 is 2.66 bits per heavy atom. The molecule has 0 aromatic heterocycles. The van der Waals surface area contributed by atoms with E-state index in [1.54, 1.807) is 19.1 Å². The lowest BCUT2D eigenvalue weighted by atomic mass is 9.95. The number of sulfonamides is 1. The molecular weight excluding hydrogens is 481 g/mol. The molecule has 2 aromatic rings. The zero-order valence-corrected chi connectivity index (χ0v) is 20.5. The van der Waals surface area contributed by atoms with Crippen molar-refractivity contribution in [2.24, 2.45) is 0 Å². The lowest BCUT2D eigenvalue weighted by Gasteiger charge is -2.30. The summed E-state index contributed by atoms with van der Waals surface area (Å²) in [6.07, 6.45) is -1.38. The maximum Gasteiger partial charge on any atom is 0.252 e. The second kappa shape index (κ2) is 10.3. The number of alkyl halides is 1. The van der Waals surface area contributed by atoms with Crippen LogP contribution in [0.1, 0.15) is 30.9 Å². The molecule has 0 radical (unpaired) electrons. The highest BCUT2D eigenvalue weighted by Gasteiger charge is 2.47. The van der Waals surface area contributed by atoms with E-state index in [0.717, 1.165) is 5.56 Å². The summed E-state index contributed by atoms with van der Waals surface area (Å²) in [7, 11) is -3.80. The summed E-state index contributed by atoms with van der Waals surface area (Å²) in [6, 6.07) is 6.66. The number of benzene rings is 2. The molecule has 0 spiro atoms. The summed E-state index contributed by atoms with van der Waals surface area (Å²) in [5.74, 6) is -1.98. The summed E-state index contributed by atoms with van der Waals surface area (Å²) in [4.78, 5) is 14.4. The minimum absolute atomic E-state index is 0.0428. The Hall–Kier alpha value is -2.43. The van der Waals surface area contributed by atoms with Gasteiger partial charge in [0.2, 0.25) is 10.0 Å². The molecule has 0 bridgehead atoms. The molecule has 6 nitrogen and oxygen atoms in total. The fourth-order valence-electron chi connectivity index (χ4n) is 4.78. The summed E-state index contributed by atoms with van der Waals surface area (Å²) in [5.41, 5.74) is 1.02. The van der Waals surface area contributed by atoms with E-state index in [4.69, 9.17) is 4.74 Å². The number of carbonyl (C=O) groups is 1. The number of aryl methyl sites for hydroxylation is 1. The van der Waals surface area contributed by atoms with Crippen LogP contribution in [0.4, 0.5) is 13.2 Å². The molecule has 1 N–H and O–H groups in total. The SMILES string of the molecule is CCS(=O)(=O)N[C@H]1[C@@H](F)CN(C(=O)[C@H]2CCCO2)[C@H]1Cc1cccc(-c2cc(C)ccc2F)c1F. The molecule has 4 rings (SSSR count). The molecule has 0 saturated carbocycles. The monoisotopic (exact) mass is 510 g/mol. The van der Waals surface area contributed by atoms with Crippen LogP contribution in [-0.4, -0.2) is 62.5 Å². The normalized spacial score (nSPS) is 24.8. The van der Waals surface area contributed by atoms with Crippen molar-refractivity contribution in [1.29, 1.82) is 0 Å². The van der Waals surface area contributed by atoms with Crippen LogP contribution in [-0.2, 0) is 26.0 Å². The van der Waals surface area contributed by atoms with E-state index < -0.39 is 51.9 Å². The Morgan fingerprint density at radius 1 is 1.20 bits per heavy atom. The van der Waals surface area contributed by atoms with Gasteiger partial charge in [-0.2, -0.15) is 0 Å². The van der Waals surface area contributed by atoms with E-state index in [-0.39, 0.29) is 35.4 Å². The molecule has 0 aliphatic carbocycles. The highest BCUT2D eigenvalue weighted by molar-refractivity contribution is 7.89. The quantitative estimate of drug-likeness (QED) is 0.619. The van der Waals surface area contributed by atoms with Gasteiger partial charge in [0, 0.05) is 17.7 Å².